The Kier molecular flexibility index (Phi) is 3.17. The Morgan fingerprint density at radius 3 is 2.76 bits per heavy atom. The Bertz CT molecular complexity index is 837. The number of hydrogen-bond acceptors (Lipinski definition) is 4. The quantitative estimate of drug-likeness (QED) is 0.678. The molecule has 0 unspecified atom stereocenters. The lowest BCUT2D eigenvalue weighted by Gasteiger charge is -2.09. The number of nitrogens with zero attached hydrogens (tertiary/aromatic N) is 3. The van der Waals surface area contributed by atoms with Crippen molar-refractivity contribution in [2.45, 2.75) is 6.92 Å². The summed E-state index contributed by atoms with van der Waals surface area (Å²) in [7, 11) is 3.27. The highest BCUT2D eigenvalue weighted by atomic mass is 16.5. The van der Waals surface area contributed by atoms with E-state index >= 15 is 0 Å². The maximum Gasteiger partial charge on any atom is 0.338 e. The Morgan fingerprint density at radius 1 is 1.29 bits per heavy atom. The van der Waals surface area contributed by atoms with Crippen molar-refractivity contribution in [3.05, 3.63) is 47.9 Å². The van der Waals surface area contributed by atoms with Crippen molar-refractivity contribution in [2.75, 3.05) is 7.11 Å². The Morgan fingerprint density at radius 2 is 2.10 bits per heavy atom. The van der Waals surface area contributed by atoms with Crippen LogP contribution < -0.4 is 0 Å². The summed E-state index contributed by atoms with van der Waals surface area (Å²) in [6.45, 7) is 2.00. The van der Waals surface area contributed by atoms with E-state index in [0.29, 0.717) is 11.3 Å². The molecule has 0 aliphatic rings. The van der Waals surface area contributed by atoms with E-state index in [2.05, 4.69) is 9.97 Å². The minimum absolute atomic E-state index is 0.366. The predicted molar refractivity (Wildman–Crippen MR) is 80.0 cm³/mol. The molecule has 0 spiro atoms. The van der Waals surface area contributed by atoms with Gasteiger partial charge >= 0.3 is 5.97 Å². The molecule has 0 saturated heterocycles. The fourth-order valence-electron chi connectivity index (χ4n) is 2.35. The highest BCUT2D eigenvalue weighted by molar-refractivity contribution is 6.04. The number of pyridine rings is 1. The van der Waals surface area contributed by atoms with E-state index in [1.807, 2.05) is 36.7 Å². The van der Waals surface area contributed by atoms with E-state index in [1.165, 1.54) is 7.11 Å². The molecular formula is C16H15N3O2. The van der Waals surface area contributed by atoms with Crippen molar-refractivity contribution < 1.29 is 9.53 Å². The highest BCUT2D eigenvalue weighted by Gasteiger charge is 2.15. The number of aromatic nitrogens is 3. The van der Waals surface area contributed by atoms with Crippen LogP contribution in [0.15, 0.2) is 36.8 Å². The average molecular weight is 281 g/mol. The maximum atomic E-state index is 12.0. The molecule has 0 radical (unpaired) electrons. The SMILES string of the molecule is COC(=O)c1cc(-c2cncn2C)nc2cc(C)ccc12. The van der Waals surface area contributed by atoms with Crippen LogP contribution in [0, 0.1) is 6.92 Å². The number of imidazole rings is 1. The second-order valence-corrected chi connectivity index (χ2v) is 4.96. The van der Waals surface area contributed by atoms with E-state index in [0.717, 1.165) is 22.2 Å². The van der Waals surface area contributed by atoms with Crippen molar-refractivity contribution in [3.63, 3.8) is 0 Å². The van der Waals surface area contributed by atoms with Crippen LogP contribution in [0.25, 0.3) is 22.3 Å². The van der Waals surface area contributed by atoms with E-state index in [1.54, 1.807) is 18.6 Å². The summed E-state index contributed by atoms with van der Waals surface area (Å²) >= 11 is 0. The van der Waals surface area contributed by atoms with Gasteiger partial charge < -0.3 is 9.30 Å². The van der Waals surface area contributed by atoms with Crippen LogP contribution in [-0.2, 0) is 11.8 Å². The molecule has 0 fully saturated rings. The second-order valence-electron chi connectivity index (χ2n) is 4.96. The molecule has 0 aliphatic carbocycles. The zero-order valence-corrected chi connectivity index (χ0v) is 12.1. The monoisotopic (exact) mass is 281 g/mol. The minimum Gasteiger partial charge on any atom is -0.465 e. The smallest absolute Gasteiger partial charge is 0.338 e. The van der Waals surface area contributed by atoms with Gasteiger partial charge in [0.15, 0.2) is 0 Å². The largest absolute Gasteiger partial charge is 0.465 e. The van der Waals surface area contributed by atoms with Gasteiger partial charge in [-0.3, -0.25) is 0 Å². The van der Waals surface area contributed by atoms with Crippen molar-refractivity contribution in [1.82, 2.24) is 14.5 Å². The zero-order chi connectivity index (χ0) is 15.0. The molecule has 0 atom stereocenters. The lowest BCUT2D eigenvalue weighted by Crippen LogP contribution is -2.04. The number of methoxy groups -OCH3 is 1. The van der Waals surface area contributed by atoms with E-state index < -0.39 is 0 Å². The van der Waals surface area contributed by atoms with Crippen LogP contribution >= 0.6 is 0 Å². The van der Waals surface area contributed by atoms with Gasteiger partial charge in [-0.15, -0.1) is 0 Å². The molecule has 3 rings (SSSR count). The number of rotatable bonds is 2. The van der Waals surface area contributed by atoms with Crippen molar-refractivity contribution >= 4 is 16.9 Å². The van der Waals surface area contributed by atoms with Crippen LogP contribution in [-0.4, -0.2) is 27.6 Å². The Balaban J connectivity index is 2.33. The first-order chi connectivity index (χ1) is 10.1. The van der Waals surface area contributed by atoms with Gasteiger partial charge in [-0.2, -0.15) is 0 Å². The molecule has 21 heavy (non-hydrogen) atoms. The predicted octanol–water partition coefficient (Wildman–Crippen LogP) is 2.73. The van der Waals surface area contributed by atoms with Crippen LogP contribution in [0.5, 0.6) is 0 Å². The summed E-state index contributed by atoms with van der Waals surface area (Å²) in [5.74, 6) is -0.366. The fourth-order valence-corrected chi connectivity index (χ4v) is 2.35. The maximum absolute atomic E-state index is 12.0. The fraction of sp³-hybridized carbons (Fsp3) is 0.188. The summed E-state index contributed by atoms with van der Waals surface area (Å²) < 4.78 is 6.75. The normalized spacial score (nSPS) is 10.8. The molecular weight excluding hydrogens is 266 g/mol. The molecule has 5 nitrogen and oxygen atoms in total. The standard InChI is InChI=1S/C16H15N3O2/c1-10-4-5-11-12(16(20)21-3)7-14(18-13(11)6-10)15-8-17-9-19(15)2/h4-9H,1-3H3. The highest BCUT2D eigenvalue weighted by Crippen LogP contribution is 2.25. The number of carbonyl (C=O) groups excluding carboxylic acids is 1. The summed E-state index contributed by atoms with van der Waals surface area (Å²) in [5.41, 5.74) is 3.93. The molecule has 0 amide bonds. The first kappa shape index (κ1) is 13.3. The molecule has 0 bridgehead atoms. The van der Waals surface area contributed by atoms with Crippen molar-refractivity contribution in [1.29, 1.82) is 0 Å². The van der Waals surface area contributed by atoms with Crippen molar-refractivity contribution in [3.8, 4) is 11.4 Å². The van der Waals surface area contributed by atoms with Gasteiger partial charge in [-0.25, -0.2) is 14.8 Å². The van der Waals surface area contributed by atoms with Gasteiger partial charge in [0, 0.05) is 12.4 Å². The molecule has 0 N–H and O–H groups in total. The van der Waals surface area contributed by atoms with Gasteiger partial charge in [-0.05, 0) is 24.6 Å². The number of aryl methyl sites for hydroxylation is 2. The van der Waals surface area contributed by atoms with Crippen LogP contribution in [0.1, 0.15) is 15.9 Å². The number of esters is 1. The number of fused-ring (bicyclic) bond motifs is 1. The lowest BCUT2D eigenvalue weighted by atomic mass is 10.0. The Labute approximate surface area is 122 Å². The molecule has 5 heteroatoms. The second kappa shape index (κ2) is 5.01. The van der Waals surface area contributed by atoms with Gasteiger partial charge in [0.05, 0.1) is 42.1 Å². The van der Waals surface area contributed by atoms with Gasteiger partial charge in [0.1, 0.15) is 0 Å². The van der Waals surface area contributed by atoms with Gasteiger partial charge in [0.2, 0.25) is 0 Å². The van der Waals surface area contributed by atoms with Crippen LogP contribution in [0.2, 0.25) is 0 Å². The number of ether oxygens (including phenoxy) is 1. The first-order valence-electron chi connectivity index (χ1n) is 6.56. The molecule has 0 aliphatic heterocycles. The molecule has 1 aromatic carbocycles. The summed E-state index contributed by atoms with van der Waals surface area (Å²) in [6, 6.07) is 7.57. The summed E-state index contributed by atoms with van der Waals surface area (Å²) in [6.07, 6.45) is 3.43. The zero-order valence-electron chi connectivity index (χ0n) is 12.1. The van der Waals surface area contributed by atoms with E-state index in [-0.39, 0.29) is 5.97 Å². The molecule has 0 saturated carbocycles. The minimum atomic E-state index is -0.366. The number of benzene rings is 1. The summed E-state index contributed by atoms with van der Waals surface area (Å²) in [4.78, 5) is 20.8. The van der Waals surface area contributed by atoms with Gasteiger partial charge in [-0.1, -0.05) is 12.1 Å². The average Bonchev–Trinajstić information content (AvgIpc) is 2.91. The molecule has 2 heterocycles. The summed E-state index contributed by atoms with van der Waals surface area (Å²) in [5, 5.41) is 0.790. The topological polar surface area (TPSA) is 57.0 Å². The third-order valence-corrected chi connectivity index (χ3v) is 3.45. The lowest BCUT2D eigenvalue weighted by molar-refractivity contribution is 0.0603. The van der Waals surface area contributed by atoms with Crippen LogP contribution in [0.3, 0.4) is 0 Å². The van der Waals surface area contributed by atoms with E-state index in [4.69, 9.17) is 4.74 Å². The number of hydrogen-bond donors (Lipinski definition) is 0. The Hall–Kier alpha value is -2.69. The third kappa shape index (κ3) is 2.27. The van der Waals surface area contributed by atoms with Crippen LogP contribution in [0.4, 0.5) is 0 Å². The van der Waals surface area contributed by atoms with E-state index in [9.17, 15) is 4.79 Å². The van der Waals surface area contributed by atoms with Gasteiger partial charge in [0.25, 0.3) is 0 Å². The number of carbonyl (C=O) groups is 1. The molecule has 106 valence electrons. The first-order valence-corrected chi connectivity index (χ1v) is 6.56. The third-order valence-electron chi connectivity index (χ3n) is 3.45. The molecule has 3 aromatic rings. The van der Waals surface area contributed by atoms with Crippen molar-refractivity contribution in [2.24, 2.45) is 7.05 Å². The molecule has 2 aromatic heterocycles.